The molecule has 1 heterocycles. The van der Waals surface area contributed by atoms with Crippen molar-refractivity contribution in [3.05, 3.63) is 52.7 Å². The Labute approximate surface area is 130 Å². The maximum atomic E-state index is 13.6. The maximum absolute atomic E-state index is 13.6. The molecule has 7 heteroatoms. The van der Waals surface area contributed by atoms with Crippen LogP contribution < -0.4 is 4.74 Å². The number of carbonyl (C=O) groups excluding carboxylic acids is 1. The molecule has 0 radical (unpaired) electrons. The quantitative estimate of drug-likeness (QED) is 0.780. The first-order valence-corrected chi connectivity index (χ1v) is 6.60. The van der Waals surface area contributed by atoms with E-state index < -0.39 is 17.5 Å². The number of aromatic nitrogens is 1. The Hall–Kier alpha value is -2.21. The van der Waals surface area contributed by atoms with E-state index in [1.54, 1.807) is 12.1 Å². The SMILES string of the molecule is COC(=O)c1ccc(C(C)(F)F)c(Oc2cccc(Cl)c2)n1. The topological polar surface area (TPSA) is 48.4 Å². The van der Waals surface area contributed by atoms with Crippen molar-refractivity contribution in [2.75, 3.05) is 7.11 Å². The molecule has 2 aromatic rings. The summed E-state index contributed by atoms with van der Waals surface area (Å²) in [7, 11) is 1.17. The predicted octanol–water partition coefficient (Wildman–Crippen LogP) is 4.43. The number of benzene rings is 1. The van der Waals surface area contributed by atoms with Gasteiger partial charge in [-0.3, -0.25) is 0 Å². The highest BCUT2D eigenvalue weighted by Crippen LogP contribution is 2.36. The molecule has 0 amide bonds. The van der Waals surface area contributed by atoms with Crippen molar-refractivity contribution in [2.24, 2.45) is 0 Å². The third-order valence-corrected chi connectivity index (χ3v) is 2.97. The van der Waals surface area contributed by atoms with Crippen LogP contribution in [0, 0.1) is 0 Å². The summed E-state index contributed by atoms with van der Waals surface area (Å²) in [5.74, 6) is -4.08. The number of hydrogen-bond acceptors (Lipinski definition) is 4. The molecule has 4 nitrogen and oxygen atoms in total. The molecular formula is C15H12ClF2NO3. The third kappa shape index (κ3) is 3.71. The predicted molar refractivity (Wildman–Crippen MR) is 76.7 cm³/mol. The van der Waals surface area contributed by atoms with E-state index >= 15 is 0 Å². The van der Waals surface area contributed by atoms with E-state index in [0.717, 1.165) is 12.1 Å². The Morgan fingerprint density at radius 2 is 2.00 bits per heavy atom. The number of halogens is 3. The number of pyridine rings is 1. The number of rotatable bonds is 4. The Balaban J connectivity index is 2.47. The Morgan fingerprint density at radius 1 is 1.27 bits per heavy atom. The van der Waals surface area contributed by atoms with E-state index in [2.05, 4.69) is 9.72 Å². The first kappa shape index (κ1) is 16.2. The van der Waals surface area contributed by atoms with Gasteiger partial charge in [0, 0.05) is 11.9 Å². The normalized spacial score (nSPS) is 11.1. The Morgan fingerprint density at radius 3 is 2.59 bits per heavy atom. The molecule has 0 spiro atoms. The standard InChI is InChI=1S/C15H12ClF2NO3/c1-15(17,18)11-6-7-12(14(20)21-2)19-13(11)22-10-5-3-4-9(16)8-10/h3-8H,1-2H3. The number of methoxy groups -OCH3 is 1. The minimum atomic E-state index is -3.18. The summed E-state index contributed by atoms with van der Waals surface area (Å²) in [5, 5.41) is 0.381. The van der Waals surface area contributed by atoms with E-state index in [1.807, 2.05) is 0 Å². The fourth-order valence-electron chi connectivity index (χ4n) is 1.71. The van der Waals surface area contributed by atoms with Crippen LogP contribution in [-0.2, 0) is 10.7 Å². The largest absolute Gasteiger partial charge is 0.464 e. The van der Waals surface area contributed by atoms with Gasteiger partial charge >= 0.3 is 5.97 Å². The fraction of sp³-hybridized carbons (Fsp3) is 0.200. The smallest absolute Gasteiger partial charge is 0.356 e. The van der Waals surface area contributed by atoms with Crippen LogP contribution in [0.5, 0.6) is 11.6 Å². The van der Waals surface area contributed by atoms with E-state index in [1.165, 1.54) is 19.2 Å². The van der Waals surface area contributed by atoms with Crippen LogP contribution in [0.1, 0.15) is 23.0 Å². The second kappa shape index (κ2) is 6.27. The van der Waals surface area contributed by atoms with Crippen molar-refractivity contribution in [1.82, 2.24) is 4.98 Å². The summed E-state index contributed by atoms with van der Waals surface area (Å²) >= 11 is 5.82. The lowest BCUT2D eigenvalue weighted by Crippen LogP contribution is -2.13. The second-order valence-electron chi connectivity index (χ2n) is 4.49. The van der Waals surface area contributed by atoms with Crippen LogP contribution in [0.25, 0.3) is 0 Å². The molecule has 0 N–H and O–H groups in total. The van der Waals surface area contributed by atoms with Crippen molar-refractivity contribution in [3.8, 4) is 11.6 Å². The average molecular weight is 328 g/mol. The molecule has 0 fully saturated rings. The summed E-state index contributed by atoms with van der Waals surface area (Å²) in [6.07, 6.45) is 0. The minimum Gasteiger partial charge on any atom is -0.464 e. The monoisotopic (exact) mass is 327 g/mol. The van der Waals surface area contributed by atoms with E-state index in [9.17, 15) is 13.6 Å². The molecule has 0 bridgehead atoms. The number of carbonyl (C=O) groups is 1. The van der Waals surface area contributed by atoms with Gasteiger partial charge in [-0.2, -0.15) is 0 Å². The van der Waals surface area contributed by atoms with Gasteiger partial charge in [0.15, 0.2) is 5.69 Å². The first-order chi connectivity index (χ1) is 10.3. The van der Waals surface area contributed by atoms with Gasteiger partial charge in [-0.15, -0.1) is 0 Å². The van der Waals surface area contributed by atoms with Gasteiger partial charge in [0.2, 0.25) is 5.88 Å². The van der Waals surface area contributed by atoms with Crippen molar-refractivity contribution >= 4 is 17.6 Å². The molecule has 0 unspecified atom stereocenters. The third-order valence-electron chi connectivity index (χ3n) is 2.74. The summed E-state index contributed by atoms with van der Waals surface area (Å²) < 4.78 is 37.2. The molecule has 1 aromatic heterocycles. The van der Waals surface area contributed by atoms with E-state index in [4.69, 9.17) is 16.3 Å². The minimum absolute atomic E-state index is 0.132. The number of alkyl halides is 2. The van der Waals surface area contributed by atoms with Gasteiger partial charge in [-0.1, -0.05) is 17.7 Å². The zero-order valence-electron chi connectivity index (χ0n) is 11.8. The molecule has 0 saturated carbocycles. The van der Waals surface area contributed by atoms with Crippen LogP contribution in [0.2, 0.25) is 5.02 Å². The van der Waals surface area contributed by atoms with Crippen LogP contribution in [0.3, 0.4) is 0 Å². The van der Waals surface area contributed by atoms with Gasteiger partial charge in [-0.25, -0.2) is 18.6 Å². The zero-order valence-corrected chi connectivity index (χ0v) is 12.5. The van der Waals surface area contributed by atoms with E-state index in [0.29, 0.717) is 11.9 Å². The van der Waals surface area contributed by atoms with Crippen molar-refractivity contribution in [1.29, 1.82) is 0 Å². The van der Waals surface area contributed by atoms with E-state index in [-0.39, 0.29) is 17.3 Å². The lowest BCUT2D eigenvalue weighted by Gasteiger charge is -2.16. The highest BCUT2D eigenvalue weighted by Gasteiger charge is 2.31. The molecule has 0 atom stereocenters. The number of nitrogens with zero attached hydrogens (tertiary/aromatic N) is 1. The second-order valence-corrected chi connectivity index (χ2v) is 4.93. The number of esters is 1. The molecule has 0 saturated heterocycles. The first-order valence-electron chi connectivity index (χ1n) is 6.22. The summed E-state index contributed by atoms with van der Waals surface area (Å²) in [6, 6.07) is 8.44. The molecule has 0 aliphatic heterocycles. The van der Waals surface area contributed by atoms with Crippen LogP contribution in [0.15, 0.2) is 36.4 Å². The Bertz CT molecular complexity index is 701. The van der Waals surface area contributed by atoms with Crippen LogP contribution in [-0.4, -0.2) is 18.1 Å². The van der Waals surface area contributed by atoms with Crippen molar-refractivity contribution < 1.29 is 23.0 Å². The molecule has 1 aromatic carbocycles. The van der Waals surface area contributed by atoms with Gasteiger partial charge in [0.05, 0.1) is 12.7 Å². The fourth-order valence-corrected chi connectivity index (χ4v) is 1.89. The lowest BCUT2D eigenvalue weighted by atomic mass is 10.1. The molecular weight excluding hydrogens is 316 g/mol. The van der Waals surface area contributed by atoms with Crippen LogP contribution in [0.4, 0.5) is 8.78 Å². The Kier molecular flexibility index (Phi) is 4.61. The number of ether oxygens (including phenoxy) is 2. The average Bonchev–Trinajstić information content (AvgIpc) is 2.45. The highest BCUT2D eigenvalue weighted by molar-refractivity contribution is 6.30. The zero-order chi connectivity index (χ0) is 16.3. The summed E-state index contributed by atoms with van der Waals surface area (Å²) in [4.78, 5) is 15.3. The van der Waals surface area contributed by atoms with Gasteiger partial charge < -0.3 is 9.47 Å². The summed E-state index contributed by atoms with van der Waals surface area (Å²) in [5.41, 5.74) is -0.576. The molecule has 0 aliphatic rings. The molecule has 0 aliphatic carbocycles. The molecule has 2 rings (SSSR count). The van der Waals surface area contributed by atoms with Crippen LogP contribution >= 0.6 is 11.6 Å². The summed E-state index contributed by atoms with van der Waals surface area (Å²) in [6.45, 7) is 0.715. The van der Waals surface area contributed by atoms with Crippen molar-refractivity contribution in [2.45, 2.75) is 12.8 Å². The highest BCUT2D eigenvalue weighted by atomic mass is 35.5. The molecule has 22 heavy (non-hydrogen) atoms. The van der Waals surface area contributed by atoms with Gasteiger partial charge in [0.25, 0.3) is 5.92 Å². The van der Waals surface area contributed by atoms with Gasteiger partial charge in [-0.05, 0) is 30.3 Å². The lowest BCUT2D eigenvalue weighted by molar-refractivity contribution is 0.0147. The molecule has 116 valence electrons. The maximum Gasteiger partial charge on any atom is 0.356 e. The van der Waals surface area contributed by atoms with Crippen molar-refractivity contribution in [3.63, 3.8) is 0 Å². The number of hydrogen-bond donors (Lipinski definition) is 0. The van der Waals surface area contributed by atoms with Gasteiger partial charge in [0.1, 0.15) is 5.75 Å².